The smallest absolute Gasteiger partial charge is 0.257 e. The minimum Gasteiger partial charge on any atom is -0.380 e. The third-order valence-electron chi connectivity index (χ3n) is 8.04. The Hall–Kier alpha value is -4.75. The van der Waals surface area contributed by atoms with Gasteiger partial charge in [-0.1, -0.05) is 36.4 Å². The summed E-state index contributed by atoms with van der Waals surface area (Å²) in [6.07, 6.45) is 2.21. The lowest BCUT2D eigenvalue weighted by molar-refractivity contribution is -0.136. The molecule has 0 aliphatic carbocycles. The molecule has 2 saturated heterocycles. The van der Waals surface area contributed by atoms with Crippen LogP contribution in [-0.4, -0.2) is 64.7 Å². The van der Waals surface area contributed by atoms with Gasteiger partial charge in [0.05, 0.1) is 11.1 Å². The van der Waals surface area contributed by atoms with E-state index in [2.05, 4.69) is 55.8 Å². The van der Waals surface area contributed by atoms with Crippen molar-refractivity contribution in [2.75, 3.05) is 36.4 Å². The summed E-state index contributed by atoms with van der Waals surface area (Å²) >= 11 is 0. The number of hydrogen-bond acceptors (Lipinski definition) is 8. The fourth-order valence-corrected chi connectivity index (χ4v) is 5.75. The minimum absolute atomic E-state index is 0.178. The van der Waals surface area contributed by atoms with Crippen molar-refractivity contribution in [3.05, 3.63) is 88.6 Å². The normalized spacial score (nSPS) is 19.1. The number of piperazine rings is 1. The molecule has 1 aromatic heterocycles. The Morgan fingerprint density at radius 1 is 0.976 bits per heavy atom. The van der Waals surface area contributed by atoms with E-state index in [-0.39, 0.29) is 18.2 Å². The first-order chi connectivity index (χ1) is 20.0. The van der Waals surface area contributed by atoms with E-state index in [1.54, 1.807) is 11.1 Å². The van der Waals surface area contributed by atoms with E-state index in [0.29, 0.717) is 30.6 Å². The maximum atomic E-state index is 13.3. The zero-order chi connectivity index (χ0) is 28.3. The Kier molecular flexibility index (Phi) is 7.35. The zero-order valence-corrected chi connectivity index (χ0v) is 22.7. The molecule has 3 aromatic rings. The van der Waals surface area contributed by atoms with Gasteiger partial charge < -0.3 is 15.1 Å². The van der Waals surface area contributed by atoms with Crippen LogP contribution in [0.4, 0.5) is 11.5 Å². The number of rotatable bonds is 7. The second-order valence-corrected chi connectivity index (χ2v) is 10.7. The number of piperidine rings is 1. The predicted molar refractivity (Wildman–Crippen MR) is 153 cm³/mol. The second kappa shape index (κ2) is 11.4. The van der Waals surface area contributed by atoms with Crippen molar-refractivity contribution in [2.24, 2.45) is 0 Å². The summed E-state index contributed by atoms with van der Waals surface area (Å²) in [7, 11) is 0. The van der Waals surface area contributed by atoms with Gasteiger partial charge in [-0.05, 0) is 41.3 Å². The lowest BCUT2D eigenvalue weighted by atomic mass is 10.0. The van der Waals surface area contributed by atoms with E-state index >= 15 is 0 Å². The number of fused-ring (bicyclic) bond motifs is 1. The SMILES string of the molecule is N#Cc1ccc(N2CCN(Cc3ccc(CNc4cccc5c4C(=O)N(C4CCC(=O)NC4=O)C5)cc3)CC2)nc1. The van der Waals surface area contributed by atoms with Crippen molar-refractivity contribution in [2.45, 2.75) is 38.5 Å². The van der Waals surface area contributed by atoms with Crippen LogP contribution in [0.25, 0.3) is 0 Å². The molecule has 0 bridgehead atoms. The molecule has 3 amide bonds. The van der Waals surface area contributed by atoms with Crippen LogP contribution in [0.2, 0.25) is 0 Å². The van der Waals surface area contributed by atoms with Gasteiger partial charge in [-0.3, -0.25) is 24.6 Å². The zero-order valence-electron chi connectivity index (χ0n) is 22.7. The van der Waals surface area contributed by atoms with Crippen LogP contribution in [-0.2, 0) is 29.2 Å². The van der Waals surface area contributed by atoms with Crippen molar-refractivity contribution in [1.29, 1.82) is 5.26 Å². The first-order valence-corrected chi connectivity index (χ1v) is 13.9. The first-order valence-electron chi connectivity index (χ1n) is 13.9. The molecule has 6 rings (SSSR count). The molecule has 208 valence electrons. The predicted octanol–water partition coefficient (Wildman–Crippen LogP) is 2.65. The maximum Gasteiger partial charge on any atom is 0.257 e. The molecular weight excluding hydrogens is 518 g/mol. The highest BCUT2D eigenvalue weighted by Crippen LogP contribution is 2.32. The molecule has 1 unspecified atom stereocenters. The standard InChI is InChI=1S/C31H31N7O3/c32-16-23-8-10-27(34-18-23)37-14-12-36(13-15-37)19-22-6-4-21(5-7-22)17-33-25-3-1-2-24-20-38(31(41)29(24)25)26-9-11-28(39)35-30(26)40/h1-8,10,18,26,33H,9,11-15,17,19-20H2,(H,35,39,40). The molecule has 10 nitrogen and oxygen atoms in total. The van der Waals surface area contributed by atoms with Crippen molar-refractivity contribution >= 4 is 29.2 Å². The van der Waals surface area contributed by atoms with E-state index in [1.807, 2.05) is 30.3 Å². The Morgan fingerprint density at radius 2 is 1.76 bits per heavy atom. The van der Waals surface area contributed by atoms with Crippen molar-refractivity contribution < 1.29 is 14.4 Å². The molecule has 1 atom stereocenters. The number of carbonyl (C=O) groups excluding carboxylic acids is 3. The van der Waals surface area contributed by atoms with E-state index < -0.39 is 11.9 Å². The highest BCUT2D eigenvalue weighted by atomic mass is 16.2. The quantitative estimate of drug-likeness (QED) is 0.432. The van der Waals surface area contributed by atoms with Gasteiger partial charge in [0.15, 0.2) is 0 Å². The maximum absolute atomic E-state index is 13.3. The highest BCUT2D eigenvalue weighted by Gasteiger charge is 2.40. The monoisotopic (exact) mass is 549 g/mol. The lowest BCUT2D eigenvalue weighted by Gasteiger charge is -2.35. The van der Waals surface area contributed by atoms with E-state index in [0.717, 1.165) is 55.4 Å². The average Bonchev–Trinajstić information content (AvgIpc) is 3.33. The van der Waals surface area contributed by atoms with Gasteiger partial charge in [0, 0.05) is 64.1 Å². The Bertz CT molecular complexity index is 1510. The molecule has 10 heteroatoms. The Balaban J connectivity index is 1.02. The van der Waals surface area contributed by atoms with Crippen LogP contribution in [0.15, 0.2) is 60.8 Å². The average molecular weight is 550 g/mol. The number of imide groups is 1. The van der Waals surface area contributed by atoms with Crippen LogP contribution in [0.5, 0.6) is 0 Å². The van der Waals surface area contributed by atoms with Gasteiger partial charge in [-0.2, -0.15) is 5.26 Å². The third-order valence-corrected chi connectivity index (χ3v) is 8.04. The summed E-state index contributed by atoms with van der Waals surface area (Å²) in [5.41, 5.74) is 5.16. The van der Waals surface area contributed by atoms with Crippen molar-refractivity contribution in [3.8, 4) is 6.07 Å². The number of amides is 3. The summed E-state index contributed by atoms with van der Waals surface area (Å²) in [6, 6.07) is 19.5. The molecule has 3 aliphatic heterocycles. The molecule has 2 N–H and O–H groups in total. The van der Waals surface area contributed by atoms with Gasteiger partial charge >= 0.3 is 0 Å². The number of carbonyl (C=O) groups is 3. The van der Waals surface area contributed by atoms with Crippen LogP contribution >= 0.6 is 0 Å². The van der Waals surface area contributed by atoms with Crippen molar-refractivity contribution in [1.82, 2.24) is 20.1 Å². The van der Waals surface area contributed by atoms with Crippen LogP contribution < -0.4 is 15.5 Å². The summed E-state index contributed by atoms with van der Waals surface area (Å²) < 4.78 is 0. The molecule has 0 spiro atoms. The molecule has 0 saturated carbocycles. The first kappa shape index (κ1) is 26.5. The summed E-state index contributed by atoms with van der Waals surface area (Å²) in [5.74, 6) is 0.0451. The lowest BCUT2D eigenvalue weighted by Crippen LogP contribution is -2.52. The number of benzene rings is 2. The van der Waals surface area contributed by atoms with Crippen molar-refractivity contribution in [3.63, 3.8) is 0 Å². The number of nitriles is 1. The third kappa shape index (κ3) is 5.62. The van der Waals surface area contributed by atoms with Gasteiger partial charge in [-0.25, -0.2) is 4.98 Å². The van der Waals surface area contributed by atoms with E-state index in [1.165, 1.54) is 5.56 Å². The summed E-state index contributed by atoms with van der Waals surface area (Å²) in [4.78, 5) is 47.9. The molecule has 41 heavy (non-hydrogen) atoms. The molecule has 3 aliphatic rings. The molecule has 2 fully saturated rings. The number of anilines is 2. The van der Waals surface area contributed by atoms with E-state index in [4.69, 9.17) is 5.26 Å². The van der Waals surface area contributed by atoms with Gasteiger partial charge in [0.2, 0.25) is 11.8 Å². The van der Waals surface area contributed by atoms with E-state index in [9.17, 15) is 14.4 Å². The largest absolute Gasteiger partial charge is 0.380 e. The van der Waals surface area contributed by atoms with Gasteiger partial charge in [-0.15, -0.1) is 0 Å². The number of aromatic nitrogens is 1. The second-order valence-electron chi connectivity index (χ2n) is 10.7. The van der Waals surface area contributed by atoms with Crippen LogP contribution in [0.3, 0.4) is 0 Å². The number of pyridine rings is 1. The molecule has 0 radical (unpaired) electrons. The fourth-order valence-electron chi connectivity index (χ4n) is 5.75. The fraction of sp³-hybridized carbons (Fsp3) is 0.323. The Morgan fingerprint density at radius 3 is 2.46 bits per heavy atom. The van der Waals surface area contributed by atoms with Gasteiger partial charge in [0.1, 0.15) is 17.9 Å². The summed E-state index contributed by atoms with van der Waals surface area (Å²) in [6.45, 7) is 5.47. The van der Waals surface area contributed by atoms with Crippen LogP contribution in [0.1, 0.15) is 45.5 Å². The highest BCUT2D eigenvalue weighted by molar-refractivity contribution is 6.07. The minimum atomic E-state index is -0.622. The summed E-state index contributed by atoms with van der Waals surface area (Å²) in [5, 5.41) is 14.7. The molecule has 2 aromatic carbocycles. The molecular formula is C31H31N7O3. The van der Waals surface area contributed by atoms with Gasteiger partial charge in [0.25, 0.3) is 5.91 Å². The van der Waals surface area contributed by atoms with Crippen LogP contribution in [0, 0.1) is 11.3 Å². The molecule has 4 heterocycles. The number of hydrogen-bond donors (Lipinski definition) is 2. The topological polar surface area (TPSA) is 122 Å². The Labute approximate surface area is 238 Å². The number of nitrogens with zero attached hydrogens (tertiary/aromatic N) is 5. The number of nitrogens with one attached hydrogen (secondary N) is 2.